The lowest BCUT2D eigenvalue weighted by Crippen LogP contribution is -2.53. The summed E-state index contributed by atoms with van der Waals surface area (Å²) in [6, 6.07) is 8.46. The highest BCUT2D eigenvalue weighted by molar-refractivity contribution is 5.86. The SMILES string of the molecule is CC(=O)C1(N(C)C)CCc2ccccc2C1. The molecule has 0 aliphatic heterocycles. The van der Waals surface area contributed by atoms with Gasteiger partial charge in [0.05, 0.1) is 5.54 Å². The van der Waals surface area contributed by atoms with Crippen LogP contribution in [0.15, 0.2) is 24.3 Å². The van der Waals surface area contributed by atoms with E-state index in [1.807, 2.05) is 14.1 Å². The van der Waals surface area contributed by atoms with Crippen molar-refractivity contribution in [2.45, 2.75) is 31.7 Å². The number of ketones is 1. The summed E-state index contributed by atoms with van der Waals surface area (Å²) in [5.41, 5.74) is 2.45. The second-order valence-corrected chi connectivity index (χ2v) is 4.93. The fourth-order valence-electron chi connectivity index (χ4n) is 2.72. The van der Waals surface area contributed by atoms with Crippen molar-refractivity contribution in [1.82, 2.24) is 4.90 Å². The number of Topliss-reactive ketones (excluding diaryl/α,β-unsaturated/α-hetero) is 1. The minimum absolute atomic E-state index is 0.283. The Morgan fingerprint density at radius 1 is 1.25 bits per heavy atom. The lowest BCUT2D eigenvalue weighted by atomic mass is 9.75. The van der Waals surface area contributed by atoms with Crippen LogP contribution in [0.4, 0.5) is 0 Å². The van der Waals surface area contributed by atoms with Crippen molar-refractivity contribution in [3.05, 3.63) is 35.4 Å². The molecular weight excluding hydrogens is 198 g/mol. The first-order valence-electron chi connectivity index (χ1n) is 5.81. The number of likely N-dealkylation sites (N-methyl/N-ethyl adjacent to an activating group) is 1. The third-order valence-electron chi connectivity index (χ3n) is 3.92. The smallest absolute Gasteiger partial charge is 0.150 e. The Morgan fingerprint density at radius 3 is 2.44 bits per heavy atom. The van der Waals surface area contributed by atoms with Gasteiger partial charge >= 0.3 is 0 Å². The van der Waals surface area contributed by atoms with Gasteiger partial charge < -0.3 is 0 Å². The number of aryl methyl sites for hydroxylation is 1. The predicted molar refractivity (Wildman–Crippen MR) is 65.6 cm³/mol. The highest BCUT2D eigenvalue weighted by Crippen LogP contribution is 2.32. The van der Waals surface area contributed by atoms with Gasteiger partial charge in [0, 0.05) is 0 Å². The van der Waals surface area contributed by atoms with Gasteiger partial charge in [-0.15, -0.1) is 0 Å². The molecule has 2 heteroatoms. The Kier molecular flexibility index (Phi) is 2.85. The van der Waals surface area contributed by atoms with Crippen LogP contribution in [-0.4, -0.2) is 30.3 Å². The van der Waals surface area contributed by atoms with E-state index in [-0.39, 0.29) is 11.3 Å². The zero-order valence-electron chi connectivity index (χ0n) is 10.3. The second kappa shape index (κ2) is 4.02. The van der Waals surface area contributed by atoms with E-state index in [9.17, 15) is 4.79 Å². The van der Waals surface area contributed by atoms with Gasteiger partial charge in [0.2, 0.25) is 0 Å². The van der Waals surface area contributed by atoms with Crippen molar-refractivity contribution >= 4 is 5.78 Å². The Bertz CT molecular complexity index is 411. The first kappa shape index (κ1) is 11.3. The van der Waals surface area contributed by atoms with Crippen LogP contribution in [0.5, 0.6) is 0 Å². The molecule has 1 aromatic carbocycles. The zero-order valence-corrected chi connectivity index (χ0v) is 10.3. The molecule has 0 radical (unpaired) electrons. The Labute approximate surface area is 97.3 Å². The number of hydrogen-bond donors (Lipinski definition) is 0. The Morgan fingerprint density at radius 2 is 1.88 bits per heavy atom. The molecular formula is C14H19NO. The number of carbonyl (C=O) groups is 1. The number of carbonyl (C=O) groups excluding carboxylic acids is 1. The van der Waals surface area contributed by atoms with E-state index in [2.05, 4.69) is 29.2 Å². The minimum Gasteiger partial charge on any atom is -0.298 e. The molecule has 2 rings (SSSR count). The molecule has 2 nitrogen and oxygen atoms in total. The molecule has 16 heavy (non-hydrogen) atoms. The average Bonchev–Trinajstić information content (AvgIpc) is 2.27. The van der Waals surface area contributed by atoms with Crippen molar-refractivity contribution < 1.29 is 4.79 Å². The fraction of sp³-hybridized carbons (Fsp3) is 0.500. The van der Waals surface area contributed by atoms with Crippen LogP contribution in [0, 0.1) is 0 Å². The van der Waals surface area contributed by atoms with Gasteiger partial charge in [0.25, 0.3) is 0 Å². The topological polar surface area (TPSA) is 20.3 Å². The monoisotopic (exact) mass is 217 g/mol. The van der Waals surface area contributed by atoms with E-state index in [4.69, 9.17) is 0 Å². The molecule has 0 bridgehead atoms. The lowest BCUT2D eigenvalue weighted by Gasteiger charge is -2.41. The molecule has 1 aliphatic carbocycles. The summed E-state index contributed by atoms with van der Waals surface area (Å²) in [7, 11) is 4.02. The number of nitrogens with zero attached hydrogens (tertiary/aromatic N) is 1. The molecule has 0 saturated carbocycles. The van der Waals surface area contributed by atoms with Crippen LogP contribution in [0.3, 0.4) is 0 Å². The number of benzene rings is 1. The van der Waals surface area contributed by atoms with E-state index in [1.165, 1.54) is 11.1 Å². The molecule has 1 unspecified atom stereocenters. The van der Waals surface area contributed by atoms with Crippen LogP contribution in [0.2, 0.25) is 0 Å². The summed E-state index contributed by atoms with van der Waals surface area (Å²) >= 11 is 0. The summed E-state index contributed by atoms with van der Waals surface area (Å²) in [6.45, 7) is 1.72. The van der Waals surface area contributed by atoms with Crippen LogP contribution in [0.25, 0.3) is 0 Å². The Hall–Kier alpha value is -1.15. The standard InChI is InChI=1S/C14H19NO/c1-11(16)14(15(2)3)9-8-12-6-4-5-7-13(12)10-14/h4-7H,8-10H2,1-3H3. The molecule has 0 amide bonds. The van der Waals surface area contributed by atoms with Gasteiger partial charge in [-0.1, -0.05) is 24.3 Å². The molecule has 0 spiro atoms. The zero-order chi connectivity index (χ0) is 11.8. The number of rotatable bonds is 2. The quantitative estimate of drug-likeness (QED) is 0.756. The first-order valence-corrected chi connectivity index (χ1v) is 5.81. The number of fused-ring (bicyclic) bond motifs is 1. The predicted octanol–water partition coefficient (Wildman–Crippen LogP) is 2.06. The summed E-state index contributed by atoms with van der Waals surface area (Å²) in [5, 5.41) is 0. The van der Waals surface area contributed by atoms with Crippen molar-refractivity contribution in [2.24, 2.45) is 0 Å². The van der Waals surface area contributed by atoms with Crippen molar-refractivity contribution in [3.63, 3.8) is 0 Å². The second-order valence-electron chi connectivity index (χ2n) is 4.93. The summed E-state index contributed by atoms with van der Waals surface area (Å²) < 4.78 is 0. The highest BCUT2D eigenvalue weighted by Gasteiger charge is 2.40. The van der Waals surface area contributed by atoms with E-state index >= 15 is 0 Å². The minimum atomic E-state index is -0.283. The van der Waals surface area contributed by atoms with E-state index in [0.29, 0.717) is 0 Å². The normalized spacial score (nSPS) is 24.2. The van der Waals surface area contributed by atoms with Crippen LogP contribution < -0.4 is 0 Å². The maximum absolute atomic E-state index is 11.9. The lowest BCUT2D eigenvalue weighted by molar-refractivity contribution is -0.128. The molecule has 0 heterocycles. The Balaban J connectivity index is 2.39. The summed E-state index contributed by atoms with van der Waals surface area (Å²) in [4.78, 5) is 14.0. The maximum atomic E-state index is 11.9. The van der Waals surface area contributed by atoms with Crippen LogP contribution in [0.1, 0.15) is 24.5 Å². The van der Waals surface area contributed by atoms with E-state index < -0.39 is 0 Å². The highest BCUT2D eigenvalue weighted by atomic mass is 16.1. The van der Waals surface area contributed by atoms with Gasteiger partial charge in [-0.3, -0.25) is 9.69 Å². The molecule has 0 saturated heterocycles. The van der Waals surface area contributed by atoms with Crippen LogP contribution in [-0.2, 0) is 17.6 Å². The first-order chi connectivity index (χ1) is 7.56. The molecule has 1 aliphatic rings. The van der Waals surface area contributed by atoms with Gasteiger partial charge in [-0.05, 0) is 51.4 Å². The largest absolute Gasteiger partial charge is 0.298 e. The van der Waals surface area contributed by atoms with Gasteiger partial charge in [0.15, 0.2) is 0 Å². The molecule has 86 valence electrons. The average molecular weight is 217 g/mol. The van der Waals surface area contributed by atoms with Crippen molar-refractivity contribution in [3.8, 4) is 0 Å². The third kappa shape index (κ3) is 1.67. The van der Waals surface area contributed by atoms with Gasteiger partial charge in [0.1, 0.15) is 5.78 Å². The molecule has 0 N–H and O–H groups in total. The van der Waals surface area contributed by atoms with Gasteiger partial charge in [-0.25, -0.2) is 0 Å². The molecule has 0 fully saturated rings. The molecule has 1 aromatic rings. The summed E-state index contributed by atoms with van der Waals surface area (Å²) in [5.74, 6) is 0.284. The van der Waals surface area contributed by atoms with E-state index in [1.54, 1.807) is 6.92 Å². The maximum Gasteiger partial charge on any atom is 0.150 e. The van der Waals surface area contributed by atoms with E-state index in [0.717, 1.165) is 19.3 Å². The molecule has 1 atom stereocenters. The van der Waals surface area contributed by atoms with Crippen molar-refractivity contribution in [1.29, 1.82) is 0 Å². The summed E-state index contributed by atoms with van der Waals surface area (Å²) in [6.07, 6.45) is 2.80. The van der Waals surface area contributed by atoms with Crippen molar-refractivity contribution in [2.75, 3.05) is 14.1 Å². The molecule has 0 aromatic heterocycles. The van der Waals surface area contributed by atoms with Gasteiger partial charge in [-0.2, -0.15) is 0 Å². The van der Waals surface area contributed by atoms with Crippen LogP contribution >= 0.6 is 0 Å². The number of hydrogen-bond acceptors (Lipinski definition) is 2. The third-order valence-corrected chi connectivity index (χ3v) is 3.92. The fourth-order valence-corrected chi connectivity index (χ4v) is 2.72.